The Balaban J connectivity index is 0.00000529. The number of anilines is 1. The van der Waals surface area contributed by atoms with Crippen molar-refractivity contribution in [1.82, 2.24) is 5.32 Å². The first kappa shape index (κ1) is 22.5. The number of unbranched alkanes of at least 4 members (excludes halogenated alkanes) is 1. The molecule has 138 valence electrons. The van der Waals surface area contributed by atoms with Crippen LogP contribution in [0.2, 0.25) is 0 Å². The summed E-state index contributed by atoms with van der Waals surface area (Å²) in [4.78, 5) is 12.1. The van der Waals surface area contributed by atoms with Crippen LogP contribution in [0.5, 0.6) is 5.75 Å². The van der Waals surface area contributed by atoms with Crippen molar-refractivity contribution in [3.8, 4) is 5.75 Å². The highest BCUT2D eigenvalue weighted by atomic mass is 35.5. The van der Waals surface area contributed by atoms with E-state index in [9.17, 15) is 4.79 Å². The molecule has 0 aliphatic carbocycles. The van der Waals surface area contributed by atoms with Gasteiger partial charge >= 0.3 is 5.97 Å². The maximum absolute atomic E-state index is 12.1. The number of benzene rings is 1. The van der Waals surface area contributed by atoms with Gasteiger partial charge in [-0.05, 0) is 44.0 Å². The highest BCUT2D eigenvalue weighted by molar-refractivity contribution is 5.91. The first-order chi connectivity index (χ1) is 11.1. The number of carbonyl (C=O) groups is 1. The zero-order chi connectivity index (χ0) is 17.1. The molecule has 0 fully saturated rings. The second-order valence-corrected chi connectivity index (χ2v) is 5.61. The first-order valence-electron chi connectivity index (χ1n) is 8.55. The highest BCUT2D eigenvalue weighted by Crippen LogP contribution is 2.23. The van der Waals surface area contributed by atoms with Crippen LogP contribution in [0.4, 0.5) is 5.69 Å². The SMILES string of the molecule is CCCCOc1ccc(C(=O)OCC(CC)NCCC)cc1N.Cl. The molecule has 1 aromatic carbocycles. The second kappa shape index (κ2) is 12.9. The standard InChI is InChI=1S/C18H30N2O3.ClH/c1-4-7-11-22-17-9-8-14(12-16(17)19)18(21)23-13-15(6-3)20-10-5-2;/h8-9,12,15,20H,4-7,10-11,13,19H2,1-3H3;1H. The maximum atomic E-state index is 12.1. The number of carbonyl (C=O) groups excluding carboxylic acids is 1. The summed E-state index contributed by atoms with van der Waals surface area (Å²) in [7, 11) is 0. The van der Waals surface area contributed by atoms with Crippen LogP contribution < -0.4 is 15.8 Å². The predicted molar refractivity (Wildman–Crippen MR) is 101 cm³/mol. The normalized spacial score (nSPS) is 11.5. The van der Waals surface area contributed by atoms with Gasteiger partial charge in [-0.15, -0.1) is 12.4 Å². The molecule has 0 heterocycles. The minimum absolute atomic E-state index is 0. The second-order valence-electron chi connectivity index (χ2n) is 5.61. The zero-order valence-corrected chi connectivity index (χ0v) is 15.8. The quantitative estimate of drug-likeness (QED) is 0.357. The Bertz CT molecular complexity index is 483. The summed E-state index contributed by atoms with van der Waals surface area (Å²) in [5.41, 5.74) is 6.86. The summed E-state index contributed by atoms with van der Waals surface area (Å²) in [6.07, 6.45) is 4.02. The van der Waals surface area contributed by atoms with Crippen molar-refractivity contribution < 1.29 is 14.3 Å². The van der Waals surface area contributed by atoms with E-state index >= 15 is 0 Å². The fraction of sp³-hybridized carbons (Fsp3) is 0.611. The van der Waals surface area contributed by atoms with Gasteiger partial charge in [-0.1, -0.05) is 27.2 Å². The molecule has 0 radical (unpaired) electrons. The van der Waals surface area contributed by atoms with Crippen molar-refractivity contribution in [2.45, 2.75) is 52.5 Å². The van der Waals surface area contributed by atoms with Gasteiger partial charge in [-0.25, -0.2) is 4.79 Å². The average molecular weight is 359 g/mol. The van der Waals surface area contributed by atoms with Crippen LogP contribution in [0.15, 0.2) is 18.2 Å². The summed E-state index contributed by atoms with van der Waals surface area (Å²) >= 11 is 0. The molecule has 0 aliphatic heterocycles. The number of nitrogen functional groups attached to an aromatic ring is 1. The molecule has 5 nitrogen and oxygen atoms in total. The van der Waals surface area contributed by atoms with Gasteiger partial charge in [0.2, 0.25) is 0 Å². The molecule has 0 spiro atoms. The summed E-state index contributed by atoms with van der Waals surface area (Å²) in [6.45, 7) is 8.20. The smallest absolute Gasteiger partial charge is 0.338 e. The van der Waals surface area contributed by atoms with Gasteiger partial charge in [-0.3, -0.25) is 0 Å². The van der Waals surface area contributed by atoms with Crippen molar-refractivity contribution >= 4 is 24.1 Å². The third kappa shape index (κ3) is 7.88. The number of nitrogens with two attached hydrogens (primary N) is 1. The van der Waals surface area contributed by atoms with Crippen molar-refractivity contribution in [1.29, 1.82) is 0 Å². The maximum Gasteiger partial charge on any atom is 0.338 e. The van der Waals surface area contributed by atoms with Gasteiger partial charge in [-0.2, -0.15) is 0 Å². The van der Waals surface area contributed by atoms with Crippen LogP contribution in [0, 0.1) is 0 Å². The molecular formula is C18H31ClN2O3. The molecule has 0 aromatic heterocycles. The van der Waals surface area contributed by atoms with Crippen molar-refractivity contribution in [2.24, 2.45) is 0 Å². The molecule has 6 heteroatoms. The van der Waals surface area contributed by atoms with Gasteiger partial charge < -0.3 is 20.5 Å². The molecule has 1 rings (SSSR count). The number of rotatable bonds is 11. The fourth-order valence-electron chi connectivity index (χ4n) is 2.06. The van der Waals surface area contributed by atoms with Gasteiger partial charge in [0.15, 0.2) is 0 Å². The predicted octanol–water partition coefficient (Wildman–Crippen LogP) is 3.80. The Kier molecular flexibility index (Phi) is 12.1. The van der Waals surface area contributed by atoms with E-state index in [4.69, 9.17) is 15.2 Å². The lowest BCUT2D eigenvalue weighted by atomic mass is 10.2. The topological polar surface area (TPSA) is 73.6 Å². The van der Waals surface area contributed by atoms with E-state index in [1.807, 2.05) is 0 Å². The third-order valence-electron chi connectivity index (χ3n) is 3.59. The van der Waals surface area contributed by atoms with Crippen LogP contribution in [0.25, 0.3) is 0 Å². The van der Waals surface area contributed by atoms with E-state index in [2.05, 4.69) is 26.1 Å². The lowest BCUT2D eigenvalue weighted by molar-refractivity contribution is 0.0463. The molecule has 1 aromatic rings. The number of hydrogen-bond acceptors (Lipinski definition) is 5. The number of hydrogen-bond donors (Lipinski definition) is 2. The van der Waals surface area contributed by atoms with Crippen LogP contribution in [0.3, 0.4) is 0 Å². The van der Waals surface area contributed by atoms with E-state index in [1.54, 1.807) is 18.2 Å². The van der Waals surface area contributed by atoms with Gasteiger partial charge in [0.1, 0.15) is 12.4 Å². The number of halogens is 1. The Morgan fingerprint density at radius 3 is 2.58 bits per heavy atom. The lowest BCUT2D eigenvalue weighted by Gasteiger charge is -2.16. The van der Waals surface area contributed by atoms with Crippen molar-refractivity contribution in [2.75, 3.05) is 25.5 Å². The van der Waals surface area contributed by atoms with Gasteiger partial charge in [0, 0.05) is 6.04 Å². The molecule has 0 bridgehead atoms. The number of esters is 1. The van der Waals surface area contributed by atoms with Gasteiger partial charge in [0.25, 0.3) is 0 Å². The third-order valence-corrected chi connectivity index (χ3v) is 3.59. The lowest BCUT2D eigenvalue weighted by Crippen LogP contribution is -2.34. The van der Waals surface area contributed by atoms with Crippen LogP contribution >= 0.6 is 12.4 Å². The number of ether oxygens (including phenoxy) is 2. The van der Waals surface area contributed by atoms with E-state index in [0.29, 0.717) is 30.2 Å². The molecule has 0 amide bonds. The van der Waals surface area contributed by atoms with Crippen LogP contribution in [-0.4, -0.2) is 31.8 Å². The average Bonchev–Trinajstić information content (AvgIpc) is 2.56. The van der Waals surface area contributed by atoms with Crippen LogP contribution in [0.1, 0.15) is 56.8 Å². The summed E-state index contributed by atoms with van der Waals surface area (Å²) in [6, 6.07) is 5.23. The Hall–Kier alpha value is -1.46. The molecule has 0 saturated carbocycles. The summed E-state index contributed by atoms with van der Waals surface area (Å²) < 4.78 is 11.0. The van der Waals surface area contributed by atoms with E-state index in [1.165, 1.54) is 0 Å². The molecule has 24 heavy (non-hydrogen) atoms. The Morgan fingerprint density at radius 1 is 1.25 bits per heavy atom. The molecule has 0 saturated heterocycles. The van der Waals surface area contributed by atoms with Crippen LogP contribution in [-0.2, 0) is 4.74 Å². The summed E-state index contributed by atoms with van der Waals surface area (Å²) in [5.74, 6) is 0.264. The van der Waals surface area contributed by atoms with Gasteiger partial charge in [0.05, 0.1) is 17.9 Å². The largest absolute Gasteiger partial charge is 0.491 e. The molecule has 3 N–H and O–H groups in total. The zero-order valence-electron chi connectivity index (χ0n) is 15.0. The summed E-state index contributed by atoms with van der Waals surface area (Å²) in [5, 5.41) is 3.35. The molecule has 0 aliphatic rings. The van der Waals surface area contributed by atoms with Crippen molar-refractivity contribution in [3.63, 3.8) is 0 Å². The fourth-order valence-corrected chi connectivity index (χ4v) is 2.06. The van der Waals surface area contributed by atoms with E-state index < -0.39 is 0 Å². The number of nitrogens with one attached hydrogen (secondary N) is 1. The molecular weight excluding hydrogens is 328 g/mol. The molecule has 1 unspecified atom stereocenters. The van der Waals surface area contributed by atoms with E-state index in [0.717, 1.165) is 32.2 Å². The van der Waals surface area contributed by atoms with Crippen molar-refractivity contribution in [3.05, 3.63) is 23.8 Å². The monoisotopic (exact) mass is 358 g/mol. The molecule has 1 atom stereocenters. The van der Waals surface area contributed by atoms with E-state index in [-0.39, 0.29) is 24.4 Å². The Labute approximate surface area is 151 Å². The first-order valence-corrected chi connectivity index (χ1v) is 8.55. The highest BCUT2D eigenvalue weighted by Gasteiger charge is 2.13. The Morgan fingerprint density at radius 2 is 2.00 bits per heavy atom. The minimum Gasteiger partial charge on any atom is -0.491 e. The minimum atomic E-state index is -0.353.